The smallest absolute Gasteiger partial charge is 0.271 e. The maximum atomic E-state index is 10.5. The molecule has 0 spiro atoms. The van der Waals surface area contributed by atoms with E-state index >= 15 is 0 Å². The number of hydrogen-bond acceptors (Lipinski definition) is 4. The first-order chi connectivity index (χ1) is 7.68. The Morgan fingerprint density at radius 1 is 1.19 bits per heavy atom. The summed E-state index contributed by atoms with van der Waals surface area (Å²) in [6.45, 7) is 0. The molecule has 5 heteroatoms. The van der Waals surface area contributed by atoms with Gasteiger partial charge in [-0.1, -0.05) is 0 Å². The molecule has 0 aliphatic heterocycles. The second-order valence-corrected chi connectivity index (χ2v) is 3.26. The summed E-state index contributed by atoms with van der Waals surface area (Å²) in [5.74, 6) is 0. The monoisotopic (exact) mass is 215 g/mol. The Labute approximate surface area is 91.7 Å². The number of pyridine rings is 1. The number of aromatic nitrogens is 1. The van der Waals surface area contributed by atoms with Crippen LogP contribution in [0.3, 0.4) is 0 Å². The highest BCUT2D eigenvalue weighted by atomic mass is 16.6. The van der Waals surface area contributed by atoms with Gasteiger partial charge < -0.3 is 5.73 Å². The van der Waals surface area contributed by atoms with Crippen LogP contribution in [-0.2, 0) is 0 Å². The molecule has 0 saturated heterocycles. The molecule has 0 aliphatic rings. The molecule has 0 fully saturated rings. The number of nitrogens with two attached hydrogens (primary N) is 1. The highest BCUT2D eigenvalue weighted by molar-refractivity contribution is 5.77. The molecule has 2 N–H and O–H groups in total. The Morgan fingerprint density at radius 2 is 1.88 bits per heavy atom. The molecule has 0 radical (unpaired) electrons. The van der Waals surface area contributed by atoms with Crippen LogP contribution in [0.25, 0.3) is 11.1 Å². The van der Waals surface area contributed by atoms with Gasteiger partial charge in [-0.3, -0.25) is 15.1 Å². The highest BCUT2D eigenvalue weighted by Crippen LogP contribution is 2.28. The van der Waals surface area contributed by atoms with Gasteiger partial charge in [0.15, 0.2) is 0 Å². The SMILES string of the molecule is Nc1cc([N+](=O)[O-])ccc1-c1ccncc1. The summed E-state index contributed by atoms with van der Waals surface area (Å²) in [5.41, 5.74) is 7.81. The van der Waals surface area contributed by atoms with Gasteiger partial charge in [0.05, 0.1) is 4.92 Å². The molecule has 1 aromatic heterocycles. The molecule has 16 heavy (non-hydrogen) atoms. The molecular weight excluding hydrogens is 206 g/mol. The summed E-state index contributed by atoms with van der Waals surface area (Å²) in [6.07, 6.45) is 3.30. The quantitative estimate of drug-likeness (QED) is 0.473. The van der Waals surface area contributed by atoms with Crippen molar-refractivity contribution >= 4 is 11.4 Å². The fourth-order valence-corrected chi connectivity index (χ4v) is 1.46. The average Bonchev–Trinajstić information content (AvgIpc) is 2.30. The standard InChI is InChI=1S/C11H9N3O2/c12-11-7-9(14(15)16)1-2-10(11)8-3-5-13-6-4-8/h1-7H,12H2. The van der Waals surface area contributed by atoms with E-state index in [4.69, 9.17) is 5.73 Å². The number of rotatable bonds is 2. The summed E-state index contributed by atoms with van der Waals surface area (Å²) < 4.78 is 0. The maximum Gasteiger partial charge on any atom is 0.271 e. The first kappa shape index (κ1) is 10.1. The van der Waals surface area contributed by atoms with E-state index in [-0.39, 0.29) is 5.69 Å². The van der Waals surface area contributed by atoms with Gasteiger partial charge in [0.2, 0.25) is 0 Å². The zero-order chi connectivity index (χ0) is 11.5. The van der Waals surface area contributed by atoms with Gasteiger partial charge in [-0.15, -0.1) is 0 Å². The lowest BCUT2D eigenvalue weighted by atomic mass is 10.0. The number of non-ortho nitro benzene ring substituents is 1. The third-order valence-electron chi connectivity index (χ3n) is 2.24. The lowest BCUT2D eigenvalue weighted by Gasteiger charge is -2.04. The fraction of sp³-hybridized carbons (Fsp3) is 0. The van der Waals surface area contributed by atoms with Gasteiger partial charge in [0, 0.05) is 35.8 Å². The zero-order valence-corrected chi connectivity index (χ0v) is 8.33. The molecule has 1 heterocycles. The van der Waals surface area contributed by atoms with Gasteiger partial charge >= 0.3 is 0 Å². The van der Waals surface area contributed by atoms with Crippen molar-refractivity contribution in [3.8, 4) is 11.1 Å². The minimum atomic E-state index is -0.466. The molecule has 0 atom stereocenters. The van der Waals surface area contributed by atoms with Gasteiger partial charge in [0.1, 0.15) is 0 Å². The number of nitro groups is 1. The molecule has 2 aromatic rings. The van der Waals surface area contributed by atoms with Crippen molar-refractivity contribution in [2.24, 2.45) is 0 Å². The summed E-state index contributed by atoms with van der Waals surface area (Å²) >= 11 is 0. The Kier molecular flexibility index (Phi) is 2.51. The van der Waals surface area contributed by atoms with E-state index in [9.17, 15) is 10.1 Å². The van der Waals surface area contributed by atoms with E-state index in [0.717, 1.165) is 11.1 Å². The zero-order valence-electron chi connectivity index (χ0n) is 8.33. The van der Waals surface area contributed by atoms with Crippen LogP contribution in [0.15, 0.2) is 42.7 Å². The molecule has 0 saturated carbocycles. The molecular formula is C11H9N3O2. The average molecular weight is 215 g/mol. The summed E-state index contributed by atoms with van der Waals surface area (Å²) in [4.78, 5) is 14.0. The van der Waals surface area contributed by atoms with Crippen LogP contribution in [0.5, 0.6) is 0 Å². The van der Waals surface area contributed by atoms with Crippen LogP contribution in [-0.4, -0.2) is 9.91 Å². The topological polar surface area (TPSA) is 82.0 Å². The normalized spacial score (nSPS) is 10.0. The van der Waals surface area contributed by atoms with E-state index in [1.165, 1.54) is 12.1 Å². The van der Waals surface area contributed by atoms with Crippen LogP contribution >= 0.6 is 0 Å². The van der Waals surface area contributed by atoms with Crippen molar-refractivity contribution in [2.75, 3.05) is 5.73 Å². The van der Waals surface area contributed by atoms with Crippen molar-refractivity contribution in [1.82, 2.24) is 4.98 Å². The van der Waals surface area contributed by atoms with Crippen LogP contribution in [0.4, 0.5) is 11.4 Å². The van der Waals surface area contributed by atoms with Crippen molar-refractivity contribution in [3.63, 3.8) is 0 Å². The predicted octanol–water partition coefficient (Wildman–Crippen LogP) is 2.24. The third-order valence-corrected chi connectivity index (χ3v) is 2.24. The van der Waals surface area contributed by atoms with E-state index in [2.05, 4.69) is 4.98 Å². The molecule has 2 rings (SSSR count). The number of hydrogen-bond donors (Lipinski definition) is 1. The number of nitrogens with zero attached hydrogens (tertiary/aromatic N) is 2. The second kappa shape index (κ2) is 3.98. The number of benzene rings is 1. The Bertz CT molecular complexity index is 526. The molecule has 0 unspecified atom stereocenters. The van der Waals surface area contributed by atoms with Crippen LogP contribution in [0.1, 0.15) is 0 Å². The Morgan fingerprint density at radius 3 is 2.44 bits per heavy atom. The van der Waals surface area contributed by atoms with Gasteiger partial charge in [0.25, 0.3) is 5.69 Å². The van der Waals surface area contributed by atoms with Gasteiger partial charge in [-0.05, 0) is 23.8 Å². The lowest BCUT2D eigenvalue weighted by Crippen LogP contribution is -1.94. The van der Waals surface area contributed by atoms with Crippen molar-refractivity contribution in [1.29, 1.82) is 0 Å². The minimum Gasteiger partial charge on any atom is -0.398 e. The molecule has 0 bridgehead atoms. The van der Waals surface area contributed by atoms with E-state index < -0.39 is 4.92 Å². The number of anilines is 1. The van der Waals surface area contributed by atoms with Crippen LogP contribution < -0.4 is 5.73 Å². The maximum absolute atomic E-state index is 10.5. The predicted molar refractivity (Wildman–Crippen MR) is 60.7 cm³/mol. The van der Waals surface area contributed by atoms with E-state index in [1.807, 2.05) is 0 Å². The number of nitrogen functional groups attached to an aromatic ring is 1. The van der Waals surface area contributed by atoms with E-state index in [1.54, 1.807) is 30.6 Å². The Hall–Kier alpha value is -2.43. The van der Waals surface area contributed by atoms with E-state index in [0.29, 0.717) is 5.69 Å². The number of nitro benzene ring substituents is 1. The van der Waals surface area contributed by atoms with Gasteiger partial charge in [-0.25, -0.2) is 0 Å². The molecule has 0 amide bonds. The molecule has 0 aliphatic carbocycles. The second-order valence-electron chi connectivity index (χ2n) is 3.26. The third kappa shape index (κ3) is 1.83. The first-order valence-corrected chi connectivity index (χ1v) is 4.63. The van der Waals surface area contributed by atoms with Crippen LogP contribution in [0, 0.1) is 10.1 Å². The van der Waals surface area contributed by atoms with Crippen LogP contribution in [0.2, 0.25) is 0 Å². The molecule has 80 valence electrons. The Balaban J connectivity index is 2.48. The van der Waals surface area contributed by atoms with Crippen molar-refractivity contribution in [2.45, 2.75) is 0 Å². The molecule has 1 aromatic carbocycles. The minimum absolute atomic E-state index is 0.00435. The van der Waals surface area contributed by atoms with Crippen molar-refractivity contribution < 1.29 is 4.92 Å². The fourth-order valence-electron chi connectivity index (χ4n) is 1.46. The summed E-state index contributed by atoms with van der Waals surface area (Å²) in [6, 6.07) is 8.04. The van der Waals surface area contributed by atoms with Gasteiger partial charge in [-0.2, -0.15) is 0 Å². The highest BCUT2D eigenvalue weighted by Gasteiger charge is 2.09. The van der Waals surface area contributed by atoms with Crippen molar-refractivity contribution in [3.05, 3.63) is 52.8 Å². The summed E-state index contributed by atoms with van der Waals surface area (Å²) in [5, 5.41) is 10.5. The largest absolute Gasteiger partial charge is 0.398 e. The lowest BCUT2D eigenvalue weighted by molar-refractivity contribution is -0.384. The molecule has 5 nitrogen and oxygen atoms in total. The first-order valence-electron chi connectivity index (χ1n) is 4.63. The summed E-state index contributed by atoms with van der Waals surface area (Å²) in [7, 11) is 0.